The van der Waals surface area contributed by atoms with Gasteiger partial charge in [-0.15, -0.1) is 0 Å². The summed E-state index contributed by atoms with van der Waals surface area (Å²) in [7, 11) is 0. The topological polar surface area (TPSA) is 55.0 Å². The van der Waals surface area contributed by atoms with Gasteiger partial charge in [-0.2, -0.15) is 0 Å². The highest BCUT2D eigenvalue weighted by molar-refractivity contribution is 5.26. The molecule has 2 heterocycles. The quantitative estimate of drug-likeness (QED) is 0.630. The van der Waals surface area contributed by atoms with Crippen molar-refractivity contribution >= 4 is 0 Å². The van der Waals surface area contributed by atoms with Crippen LogP contribution in [-0.4, -0.2) is 28.0 Å². The van der Waals surface area contributed by atoms with Gasteiger partial charge in [0.2, 0.25) is 0 Å². The zero-order valence-electron chi connectivity index (χ0n) is 17.7. The number of nitrogens with two attached hydrogens (primary N) is 1. The molecule has 0 unspecified atom stereocenters. The van der Waals surface area contributed by atoms with Crippen LogP contribution in [0.3, 0.4) is 0 Å². The first-order valence-electron chi connectivity index (χ1n) is 11.0. The van der Waals surface area contributed by atoms with Gasteiger partial charge in [-0.05, 0) is 81.3 Å². The van der Waals surface area contributed by atoms with Gasteiger partial charge in [0.1, 0.15) is 0 Å². The molecule has 0 aliphatic heterocycles. The SMILES string of the molecule is Cc1cnc(CN(CCCCN)Cc2ncccc2C2CCCCC2)c(C)c1. The van der Waals surface area contributed by atoms with E-state index < -0.39 is 0 Å². The summed E-state index contributed by atoms with van der Waals surface area (Å²) >= 11 is 0. The normalized spacial score (nSPS) is 15.3. The smallest absolute Gasteiger partial charge is 0.0578 e. The van der Waals surface area contributed by atoms with Crippen molar-refractivity contribution in [3.8, 4) is 0 Å². The maximum Gasteiger partial charge on any atom is 0.0578 e. The first-order chi connectivity index (χ1) is 13.7. The van der Waals surface area contributed by atoms with E-state index >= 15 is 0 Å². The summed E-state index contributed by atoms with van der Waals surface area (Å²) in [5, 5.41) is 0. The molecule has 2 aromatic heterocycles. The van der Waals surface area contributed by atoms with Crippen molar-refractivity contribution in [1.82, 2.24) is 14.9 Å². The summed E-state index contributed by atoms with van der Waals surface area (Å²) in [6.45, 7) is 7.83. The molecule has 0 aromatic carbocycles. The van der Waals surface area contributed by atoms with Crippen molar-refractivity contribution in [2.45, 2.75) is 77.8 Å². The summed E-state index contributed by atoms with van der Waals surface area (Å²) in [6.07, 6.45) is 12.8. The lowest BCUT2D eigenvalue weighted by atomic mass is 9.83. The second-order valence-corrected chi connectivity index (χ2v) is 8.36. The Hall–Kier alpha value is -1.78. The van der Waals surface area contributed by atoms with Gasteiger partial charge in [0.05, 0.1) is 11.4 Å². The van der Waals surface area contributed by atoms with E-state index in [1.54, 1.807) is 0 Å². The van der Waals surface area contributed by atoms with Crippen molar-refractivity contribution in [3.63, 3.8) is 0 Å². The molecule has 2 N–H and O–H groups in total. The molecule has 0 spiro atoms. The second-order valence-electron chi connectivity index (χ2n) is 8.36. The summed E-state index contributed by atoms with van der Waals surface area (Å²) in [6, 6.07) is 6.65. The van der Waals surface area contributed by atoms with Crippen LogP contribution in [-0.2, 0) is 13.1 Å². The zero-order valence-corrected chi connectivity index (χ0v) is 17.7. The van der Waals surface area contributed by atoms with Crippen LogP contribution in [0.2, 0.25) is 0 Å². The molecule has 0 radical (unpaired) electrons. The van der Waals surface area contributed by atoms with Gasteiger partial charge in [0.25, 0.3) is 0 Å². The van der Waals surface area contributed by atoms with Gasteiger partial charge in [-0.3, -0.25) is 14.9 Å². The zero-order chi connectivity index (χ0) is 19.8. The monoisotopic (exact) mass is 380 g/mol. The van der Waals surface area contributed by atoms with Gasteiger partial charge in [-0.25, -0.2) is 0 Å². The number of hydrogen-bond acceptors (Lipinski definition) is 4. The Morgan fingerprint density at radius 2 is 1.82 bits per heavy atom. The fourth-order valence-electron chi connectivity index (χ4n) is 4.39. The molecule has 4 heteroatoms. The first kappa shape index (κ1) is 20.9. The van der Waals surface area contributed by atoms with Gasteiger partial charge >= 0.3 is 0 Å². The molecule has 3 rings (SSSR count). The predicted octanol–water partition coefficient (Wildman–Crippen LogP) is 4.88. The van der Waals surface area contributed by atoms with Crippen molar-refractivity contribution in [3.05, 3.63) is 58.7 Å². The lowest BCUT2D eigenvalue weighted by Crippen LogP contribution is -2.27. The Labute approximate surface area is 170 Å². The van der Waals surface area contributed by atoms with Crippen LogP contribution < -0.4 is 5.73 Å². The molecule has 152 valence electrons. The molecule has 1 fully saturated rings. The highest BCUT2D eigenvalue weighted by atomic mass is 15.1. The van der Waals surface area contributed by atoms with E-state index in [1.807, 2.05) is 12.4 Å². The summed E-state index contributed by atoms with van der Waals surface area (Å²) in [5.74, 6) is 0.683. The molecule has 0 bridgehead atoms. The molecule has 0 atom stereocenters. The number of pyridine rings is 2. The van der Waals surface area contributed by atoms with Crippen LogP contribution in [0, 0.1) is 13.8 Å². The number of rotatable bonds is 9. The van der Waals surface area contributed by atoms with Crippen LogP contribution in [0.4, 0.5) is 0 Å². The lowest BCUT2D eigenvalue weighted by molar-refractivity contribution is 0.243. The van der Waals surface area contributed by atoms with E-state index in [1.165, 1.54) is 60.2 Å². The Bertz CT molecular complexity index is 737. The highest BCUT2D eigenvalue weighted by Gasteiger charge is 2.20. The minimum absolute atomic E-state index is 0.683. The molecule has 1 aliphatic carbocycles. The minimum atomic E-state index is 0.683. The molecule has 0 amide bonds. The lowest BCUT2D eigenvalue weighted by Gasteiger charge is -2.27. The largest absolute Gasteiger partial charge is 0.330 e. The molecule has 4 nitrogen and oxygen atoms in total. The van der Waals surface area contributed by atoms with Crippen LogP contribution >= 0.6 is 0 Å². The van der Waals surface area contributed by atoms with Crippen LogP contribution in [0.25, 0.3) is 0 Å². The average molecular weight is 381 g/mol. The van der Waals surface area contributed by atoms with Gasteiger partial charge in [0, 0.05) is 25.5 Å². The second kappa shape index (κ2) is 10.7. The number of nitrogens with zero attached hydrogens (tertiary/aromatic N) is 3. The number of hydrogen-bond donors (Lipinski definition) is 1. The van der Waals surface area contributed by atoms with E-state index in [-0.39, 0.29) is 0 Å². The van der Waals surface area contributed by atoms with Crippen molar-refractivity contribution in [2.24, 2.45) is 5.73 Å². The molecular formula is C24H36N4. The van der Waals surface area contributed by atoms with Crippen molar-refractivity contribution in [2.75, 3.05) is 13.1 Å². The van der Waals surface area contributed by atoms with Gasteiger partial charge < -0.3 is 5.73 Å². The third kappa shape index (κ3) is 5.86. The highest BCUT2D eigenvalue weighted by Crippen LogP contribution is 2.34. The summed E-state index contributed by atoms with van der Waals surface area (Å²) in [4.78, 5) is 12.0. The Morgan fingerprint density at radius 1 is 1.04 bits per heavy atom. The maximum atomic E-state index is 5.74. The maximum absolute atomic E-state index is 5.74. The average Bonchev–Trinajstić information content (AvgIpc) is 2.71. The summed E-state index contributed by atoms with van der Waals surface area (Å²) in [5.41, 5.74) is 12.1. The molecular weight excluding hydrogens is 344 g/mol. The van der Waals surface area contributed by atoms with Gasteiger partial charge in [0.15, 0.2) is 0 Å². The van der Waals surface area contributed by atoms with Crippen molar-refractivity contribution < 1.29 is 0 Å². The third-order valence-corrected chi connectivity index (χ3v) is 5.97. The third-order valence-electron chi connectivity index (χ3n) is 5.97. The van der Waals surface area contributed by atoms with E-state index in [0.717, 1.165) is 39.0 Å². The number of unbranched alkanes of at least 4 members (excludes halogenated alkanes) is 1. The molecule has 1 saturated carbocycles. The Balaban J connectivity index is 1.77. The standard InChI is InChI=1S/C24H36N4/c1-19-15-20(2)23(27-16-19)17-28(14-7-6-12-25)18-24-22(11-8-13-26-24)21-9-4-3-5-10-21/h8,11,13,15-16,21H,3-7,9-10,12,14,17-18,25H2,1-2H3. The van der Waals surface area contributed by atoms with Crippen LogP contribution in [0.5, 0.6) is 0 Å². The Morgan fingerprint density at radius 3 is 2.57 bits per heavy atom. The predicted molar refractivity (Wildman–Crippen MR) is 116 cm³/mol. The van der Waals surface area contributed by atoms with Crippen LogP contribution in [0.1, 0.15) is 78.9 Å². The van der Waals surface area contributed by atoms with Crippen molar-refractivity contribution in [1.29, 1.82) is 0 Å². The van der Waals surface area contributed by atoms with E-state index in [4.69, 9.17) is 15.7 Å². The summed E-state index contributed by atoms with van der Waals surface area (Å²) < 4.78 is 0. The van der Waals surface area contributed by atoms with Gasteiger partial charge in [-0.1, -0.05) is 31.4 Å². The molecule has 28 heavy (non-hydrogen) atoms. The molecule has 1 aliphatic rings. The van der Waals surface area contributed by atoms with E-state index in [9.17, 15) is 0 Å². The number of aromatic nitrogens is 2. The Kier molecular flexibility index (Phi) is 7.99. The first-order valence-corrected chi connectivity index (χ1v) is 11.0. The molecule has 2 aromatic rings. The number of aryl methyl sites for hydroxylation is 2. The van der Waals surface area contributed by atoms with E-state index in [2.05, 4.69) is 36.9 Å². The fourth-order valence-corrected chi connectivity index (χ4v) is 4.39. The minimum Gasteiger partial charge on any atom is -0.330 e. The molecule has 0 saturated heterocycles. The van der Waals surface area contributed by atoms with E-state index in [0.29, 0.717) is 5.92 Å². The van der Waals surface area contributed by atoms with Crippen LogP contribution in [0.15, 0.2) is 30.6 Å². The fraction of sp³-hybridized carbons (Fsp3) is 0.583.